The van der Waals surface area contributed by atoms with Crippen molar-refractivity contribution in [3.8, 4) is 0 Å². The van der Waals surface area contributed by atoms with Gasteiger partial charge in [0, 0.05) is 20.0 Å². The molecule has 0 heterocycles. The summed E-state index contributed by atoms with van der Waals surface area (Å²) < 4.78 is 62.8. The van der Waals surface area contributed by atoms with Gasteiger partial charge in [0.1, 0.15) is 0 Å². The van der Waals surface area contributed by atoms with Crippen molar-refractivity contribution in [2.45, 2.75) is 17.5 Å². The topological polar surface area (TPSA) is 63.4 Å². The predicted octanol–water partition coefficient (Wildman–Crippen LogP) is 2.00. The predicted molar refractivity (Wildman–Crippen MR) is 72.7 cm³/mol. The van der Waals surface area contributed by atoms with Crippen LogP contribution < -0.4 is 5.73 Å². The molecule has 0 aliphatic carbocycles. The van der Waals surface area contributed by atoms with E-state index in [-0.39, 0.29) is 18.0 Å². The molecule has 0 saturated carbocycles. The molecule has 0 atom stereocenters. The highest BCUT2D eigenvalue weighted by atomic mass is 32.2. The second-order valence-corrected chi connectivity index (χ2v) is 6.64. The average Bonchev–Trinajstić information content (AvgIpc) is 2.34. The number of benzene rings is 1. The van der Waals surface area contributed by atoms with Gasteiger partial charge in [0.15, 0.2) is 0 Å². The normalized spacial score (nSPS) is 12.7. The fourth-order valence-corrected chi connectivity index (χ4v) is 2.71. The van der Waals surface area contributed by atoms with Crippen LogP contribution in [0.5, 0.6) is 0 Å². The van der Waals surface area contributed by atoms with Crippen LogP contribution in [0.25, 0.3) is 0 Å². The van der Waals surface area contributed by atoms with Gasteiger partial charge in [-0.1, -0.05) is 18.3 Å². The molecule has 0 amide bonds. The minimum absolute atomic E-state index is 0.00785. The van der Waals surface area contributed by atoms with E-state index in [2.05, 4.69) is 12.2 Å². The van der Waals surface area contributed by atoms with Gasteiger partial charge in [0.05, 0.1) is 15.4 Å². The SMILES string of the molecule is CN(CCC(N)=S)S(=O)(=O)c1cccc(C(F)(F)F)c1. The van der Waals surface area contributed by atoms with Gasteiger partial charge >= 0.3 is 6.18 Å². The van der Waals surface area contributed by atoms with Gasteiger partial charge in [0.2, 0.25) is 10.0 Å². The van der Waals surface area contributed by atoms with E-state index < -0.39 is 26.7 Å². The Hall–Kier alpha value is -1.19. The summed E-state index contributed by atoms with van der Waals surface area (Å²) in [6.07, 6.45) is -4.44. The molecule has 0 unspecified atom stereocenters. The van der Waals surface area contributed by atoms with E-state index in [0.717, 1.165) is 22.5 Å². The molecular formula is C11H13F3N2O2S2. The number of nitrogens with two attached hydrogens (primary N) is 1. The van der Waals surface area contributed by atoms with Crippen LogP contribution in [0, 0.1) is 0 Å². The highest BCUT2D eigenvalue weighted by Gasteiger charge is 2.32. The minimum Gasteiger partial charge on any atom is -0.393 e. The zero-order valence-corrected chi connectivity index (χ0v) is 12.1. The third kappa shape index (κ3) is 4.15. The van der Waals surface area contributed by atoms with Crippen LogP contribution >= 0.6 is 12.2 Å². The van der Waals surface area contributed by atoms with Crippen molar-refractivity contribution < 1.29 is 21.6 Å². The molecule has 9 heteroatoms. The van der Waals surface area contributed by atoms with Crippen molar-refractivity contribution >= 4 is 27.2 Å². The Morgan fingerprint density at radius 3 is 2.50 bits per heavy atom. The highest BCUT2D eigenvalue weighted by Crippen LogP contribution is 2.30. The fourth-order valence-electron chi connectivity index (χ4n) is 1.40. The van der Waals surface area contributed by atoms with Gasteiger partial charge in [-0.05, 0) is 18.2 Å². The lowest BCUT2D eigenvalue weighted by atomic mass is 10.2. The summed E-state index contributed by atoms with van der Waals surface area (Å²) in [5.41, 5.74) is 4.25. The summed E-state index contributed by atoms with van der Waals surface area (Å²) in [7, 11) is -2.74. The van der Waals surface area contributed by atoms with Crippen LogP contribution in [0.2, 0.25) is 0 Å². The highest BCUT2D eigenvalue weighted by molar-refractivity contribution is 7.89. The average molecular weight is 326 g/mol. The molecule has 0 saturated heterocycles. The van der Waals surface area contributed by atoms with Crippen LogP contribution in [-0.4, -0.2) is 31.3 Å². The molecule has 0 spiro atoms. The zero-order valence-electron chi connectivity index (χ0n) is 10.5. The first-order chi connectivity index (χ1) is 9.05. The Morgan fingerprint density at radius 1 is 1.40 bits per heavy atom. The lowest BCUT2D eigenvalue weighted by Crippen LogP contribution is -2.30. The Balaban J connectivity index is 3.07. The molecule has 0 radical (unpaired) electrons. The second-order valence-electron chi connectivity index (χ2n) is 4.07. The first-order valence-electron chi connectivity index (χ1n) is 5.47. The Kier molecular flexibility index (Phi) is 5.11. The van der Waals surface area contributed by atoms with Gasteiger partial charge in [-0.3, -0.25) is 0 Å². The molecule has 4 nitrogen and oxygen atoms in total. The third-order valence-electron chi connectivity index (χ3n) is 2.54. The van der Waals surface area contributed by atoms with Crippen molar-refractivity contribution in [2.24, 2.45) is 5.73 Å². The molecule has 0 aromatic heterocycles. The molecule has 0 aliphatic heterocycles. The first-order valence-corrected chi connectivity index (χ1v) is 7.32. The maximum absolute atomic E-state index is 12.6. The molecule has 1 rings (SSSR count). The number of alkyl halides is 3. The number of hydrogen-bond donors (Lipinski definition) is 1. The number of halogens is 3. The lowest BCUT2D eigenvalue weighted by Gasteiger charge is -2.17. The van der Waals surface area contributed by atoms with Gasteiger partial charge in [-0.2, -0.15) is 13.2 Å². The van der Waals surface area contributed by atoms with Crippen LogP contribution in [0.15, 0.2) is 29.2 Å². The van der Waals surface area contributed by atoms with E-state index in [4.69, 9.17) is 5.73 Å². The summed E-state index contributed by atoms with van der Waals surface area (Å²) in [5, 5.41) is 0. The smallest absolute Gasteiger partial charge is 0.393 e. The van der Waals surface area contributed by atoms with Gasteiger partial charge in [-0.15, -0.1) is 0 Å². The summed E-state index contributed by atoms with van der Waals surface area (Å²) in [6.45, 7) is 0.00785. The van der Waals surface area contributed by atoms with E-state index in [1.165, 1.54) is 7.05 Å². The standard InChI is InChI=1S/C11H13F3N2O2S2/c1-16(6-5-10(15)19)20(17,18)9-4-2-3-8(7-9)11(12,13)14/h2-4,7H,5-6H2,1H3,(H2,15,19). The molecular weight excluding hydrogens is 313 g/mol. The molecule has 1 aromatic rings. The van der Waals surface area contributed by atoms with E-state index in [0.29, 0.717) is 6.07 Å². The van der Waals surface area contributed by atoms with Crippen LogP contribution in [0.4, 0.5) is 13.2 Å². The Bertz CT molecular complexity index is 600. The van der Waals surface area contributed by atoms with E-state index >= 15 is 0 Å². The van der Waals surface area contributed by atoms with Crippen LogP contribution in [-0.2, 0) is 16.2 Å². The van der Waals surface area contributed by atoms with E-state index in [1.807, 2.05) is 0 Å². The van der Waals surface area contributed by atoms with Crippen LogP contribution in [0.1, 0.15) is 12.0 Å². The van der Waals surface area contributed by atoms with Crippen molar-refractivity contribution in [1.82, 2.24) is 4.31 Å². The number of rotatable bonds is 5. The quantitative estimate of drug-likeness (QED) is 0.841. The number of thiocarbonyl (C=S) groups is 1. The zero-order chi connectivity index (χ0) is 15.6. The Labute approximate surface area is 120 Å². The van der Waals surface area contributed by atoms with Gasteiger partial charge in [-0.25, -0.2) is 12.7 Å². The summed E-state index contributed by atoms with van der Waals surface area (Å²) >= 11 is 4.63. The molecule has 0 aliphatic rings. The fraction of sp³-hybridized carbons (Fsp3) is 0.364. The second kappa shape index (κ2) is 6.06. The van der Waals surface area contributed by atoms with Crippen molar-refractivity contribution in [3.05, 3.63) is 29.8 Å². The summed E-state index contributed by atoms with van der Waals surface area (Å²) in [5.74, 6) is 0. The summed E-state index contributed by atoms with van der Waals surface area (Å²) in [6, 6.07) is 3.58. The maximum Gasteiger partial charge on any atom is 0.416 e. The van der Waals surface area contributed by atoms with Gasteiger partial charge in [0.25, 0.3) is 0 Å². The third-order valence-corrected chi connectivity index (χ3v) is 4.60. The summed E-state index contributed by atoms with van der Waals surface area (Å²) in [4.78, 5) is -0.283. The van der Waals surface area contributed by atoms with Gasteiger partial charge < -0.3 is 5.73 Å². The lowest BCUT2D eigenvalue weighted by molar-refractivity contribution is -0.137. The van der Waals surface area contributed by atoms with Crippen molar-refractivity contribution in [2.75, 3.05) is 13.6 Å². The van der Waals surface area contributed by atoms with Crippen molar-refractivity contribution in [1.29, 1.82) is 0 Å². The molecule has 0 bridgehead atoms. The van der Waals surface area contributed by atoms with Crippen molar-refractivity contribution in [3.63, 3.8) is 0 Å². The minimum atomic E-state index is -4.59. The monoisotopic (exact) mass is 326 g/mol. The number of nitrogens with zero attached hydrogens (tertiary/aromatic N) is 1. The van der Waals surface area contributed by atoms with E-state index in [1.54, 1.807) is 0 Å². The molecule has 1 aromatic carbocycles. The number of hydrogen-bond acceptors (Lipinski definition) is 3. The number of sulfonamides is 1. The molecule has 2 N–H and O–H groups in total. The Morgan fingerprint density at radius 2 is 2.00 bits per heavy atom. The molecule has 0 fully saturated rings. The maximum atomic E-state index is 12.6. The molecule has 20 heavy (non-hydrogen) atoms. The molecule has 112 valence electrons. The first kappa shape index (κ1) is 16.9. The van der Waals surface area contributed by atoms with E-state index in [9.17, 15) is 21.6 Å². The van der Waals surface area contributed by atoms with Crippen LogP contribution in [0.3, 0.4) is 0 Å². The largest absolute Gasteiger partial charge is 0.416 e.